The highest BCUT2D eigenvalue weighted by atomic mass is 16.5. The summed E-state index contributed by atoms with van der Waals surface area (Å²) in [6.07, 6.45) is 0. The highest BCUT2D eigenvalue weighted by molar-refractivity contribution is 5.92. The fourth-order valence-electron chi connectivity index (χ4n) is 2.29. The number of fused-ring (bicyclic) bond motifs is 1. The maximum Gasteiger partial charge on any atom is 0.310 e. The zero-order chi connectivity index (χ0) is 15.0. The van der Waals surface area contributed by atoms with Gasteiger partial charge >= 0.3 is 5.97 Å². The number of nitrogens with zero attached hydrogens (tertiary/aromatic N) is 1. The molecule has 4 heteroatoms. The molecule has 1 heterocycles. The summed E-state index contributed by atoms with van der Waals surface area (Å²) >= 11 is 0. The van der Waals surface area contributed by atoms with E-state index in [0.717, 1.165) is 22.2 Å². The Morgan fingerprint density at radius 3 is 2.57 bits per heavy atom. The summed E-state index contributed by atoms with van der Waals surface area (Å²) in [5, 5.41) is 14.1. The number of aliphatic carboxylic acids is 1. The van der Waals surface area contributed by atoms with Crippen molar-refractivity contribution in [1.29, 1.82) is 0 Å². The van der Waals surface area contributed by atoms with Crippen LogP contribution in [0.5, 0.6) is 0 Å². The third-order valence-electron chi connectivity index (χ3n) is 3.69. The monoisotopic (exact) mass is 281 g/mol. The highest BCUT2D eigenvalue weighted by Crippen LogP contribution is 2.30. The van der Waals surface area contributed by atoms with Gasteiger partial charge in [-0.2, -0.15) is 0 Å². The number of carboxylic acid groups (broad SMARTS) is 1. The van der Waals surface area contributed by atoms with Gasteiger partial charge in [0.15, 0.2) is 5.58 Å². The smallest absolute Gasteiger partial charge is 0.310 e. The third-order valence-corrected chi connectivity index (χ3v) is 3.69. The molecule has 0 fully saturated rings. The van der Waals surface area contributed by atoms with Crippen LogP contribution in [0.15, 0.2) is 47.0 Å². The molecule has 0 amide bonds. The van der Waals surface area contributed by atoms with E-state index in [-0.39, 0.29) is 0 Å². The minimum Gasteiger partial charge on any atom is -0.481 e. The van der Waals surface area contributed by atoms with Gasteiger partial charge in [0.1, 0.15) is 5.69 Å². The highest BCUT2D eigenvalue weighted by Gasteiger charge is 2.17. The normalized spacial score (nSPS) is 12.5. The molecule has 0 saturated heterocycles. The third kappa shape index (κ3) is 2.40. The molecule has 0 aliphatic rings. The van der Waals surface area contributed by atoms with Gasteiger partial charge in [-0.05, 0) is 31.5 Å². The van der Waals surface area contributed by atoms with Crippen molar-refractivity contribution in [3.05, 3.63) is 53.6 Å². The summed E-state index contributed by atoms with van der Waals surface area (Å²) in [5.74, 6) is -1.40. The predicted molar refractivity (Wildman–Crippen MR) is 80.2 cm³/mol. The average molecular weight is 281 g/mol. The van der Waals surface area contributed by atoms with E-state index in [1.807, 2.05) is 37.3 Å². The second-order valence-corrected chi connectivity index (χ2v) is 5.21. The van der Waals surface area contributed by atoms with Crippen LogP contribution in [-0.2, 0) is 4.79 Å². The molecular weight excluding hydrogens is 266 g/mol. The minimum absolute atomic E-state index is 0.560. The SMILES string of the molecule is Cc1ccc(-c2noc3ccc(C(C)C(=O)O)cc23)cc1. The maximum atomic E-state index is 11.1. The molecular formula is C17H15NO3. The van der Waals surface area contributed by atoms with Gasteiger partial charge in [-0.3, -0.25) is 4.79 Å². The van der Waals surface area contributed by atoms with Gasteiger partial charge in [0.05, 0.1) is 5.92 Å². The van der Waals surface area contributed by atoms with E-state index in [1.165, 1.54) is 5.56 Å². The first kappa shape index (κ1) is 13.4. The van der Waals surface area contributed by atoms with Gasteiger partial charge in [0, 0.05) is 10.9 Å². The number of carboxylic acids is 1. The van der Waals surface area contributed by atoms with Crippen molar-refractivity contribution < 1.29 is 14.4 Å². The predicted octanol–water partition coefficient (Wildman–Crippen LogP) is 3.99. The molecule has 0 bridgehead atoms. The molecule has 2 aromatic carbocycles. The lowest BCUT2D eigenvalue weighted by Gasteiger charge is -2.06. The van der Waals surface area contributed by atoms with Crippen molar-refractivity contribution in [1.82, 2.24) is 5.16 Å². The summed E-state index contributed by atoms with van der Waals surface area (Å²) in [7, 11) is 0. The molecule has 3 rings (SSSR count). The number of carbonyl (C=O) groups is 1. The van der Waals surface area contributed by atoms with Gasteiger partial charge in [-0.1, -0.05) is 41.1 Å². The van der Waals surface area contributed by atoms with Crippen LogP contribution >= 0.6 is 0 Å². The van der Waals surface area contributed by atoms with Crippen molar-refractivity contribution >= 4 is 16.9 Å². The molecule has 1 atom stereocenters. The molecule has 21 heavy (non-hydrogen) atoms. The van der Waals surface area contributed by atoms with Crippen molar-refractivity contribution in [2.75, 3.05) is 0 Å². The Kier molecular flexibility index (Phi) is 3.22. The fraction of sp³-hybridized carbons (Fsp3) is 0.176. The van der Waals surface area contributed by atoms with Gasteiger partial charge < -0.3 is 9.63 Å². The first-order valence-electron chi connectivity index (χ1n) is 6.75. The van der Waals surface area contributed by atoms with Crippen LogP contribution in [0.1, 0.15) is 24.0 Å². The topological polar surface area (TPSA) is 63.3 Å². The Labute approximate surface area is 122 Å². The van der Waals surface area contributed by atoms with Gasteiger partial charge in [0.25, 0.3) is 0 Å². The Balaban J connectivity index is 2.13. The Morgan fingerprint density at radius 1 is 1.19 bits per heavy atom. The Hall–Kier alpha value is -2.62. The van der Waals surface area contributed by atoms with Crippen LogP contribution in [0.2, 0.25) is 0 Å². The number of hydrogen-bond acceptors (Lipinski definition) is 3. The van der Waals surface area contributed by atoms with E-state index < -0.39 is 11.9 Å². The molecule has 0 aliphatic heterocycles. The number of hydrogen-bond donors (Lipinski definition) is 1. The summed E-state index contributed by atoms with van der Waals surface area (Å²) in [6, 6.07) is 13.4. The standard InChI is InChI=1S/C17H15NO3/c1-10-3-5-12(6-4-10)16-14-9-13(11(2)17(19)20)7-8-15(14)21-18-16/h3-9,11H,1-2H3,(H,19,20). The summed E-state index contributed by atoms with van der Waals surface area (Å²) < 4.78 is 5.33. The average Bonchev–Trinajstić information content (AvgIpc) is 2.90. The zero-order valence-corrected chi connectivity index (χ0v) is 11.8. The number of rotatable bonds is 3. The zero-order valence-electron chi connectivity index (χ0n) is 11.8. The molecule has 0 saturated carbocycles. The lowest BCUT2D eigenvalue weighted by molar-refractivity contribution is -0.138. The first-order chi connectivity index (χ1) is 10.1. The van der Waals surface area contributed by atoms with Crippen LogP contribution in [0, 0.1) is 6.92 Å². The van der Waals surface area contributed by atoms with Gasteiger partial charge in [-0.15, -0.1) is 0 Å². The summed E-state index contributed by atoms with van der Waals surface area (Å²) in [5.41, 5.74) is 4.27. The molecule has 1 unspecified atom stereocenters. The van der Waals surface area contributed by atoms with E-state index in [1.54, 1.807) is 19.1 Å². The lowest BCUT2D eigenvalue weighted by Crippen LogP contribution is -2.06. The Morgan fingerprint density at radius 2 is 1.90 bits per heavy atom. The van der Waals surface area contributed by atoms with Crippen LogP contribution in [0.4, 0.5) is 0 Å². The summed E-state index contributed by atoms with van der Waals surface area (Å²) in [6.45, 7) is 3.69. The largest absolute Gasteiger partial charge is 0.481 e. The molecule has 0 aliphatic carbocycles. The second kappa shape index (κ2) is 5.05. The quantitative estimate of drug-likeness (QED) is 0.788. The van der Waals surface area contributed by atoms with Crippen molar-refractivity contribution in [2.24, 2.45) is 0 Å². The number of benzene rings is 2. The van der Waals surface area contributed by atoms with Gasteiger partial charge in [0.2, 0.25) is 0 Å². The number of aryl methyl sites for hydroxylation is 1. The van der Waals surface area contributed by atoms with Crippen LogP contribution < -0.4 is 0 Å². The second-order valence-electron chi connectivity index (χ2n) is 5.21. The van der Waals surface area contributed by atoms with Crippen LogP contribution in [0.25, 0.3) is 22.2 Å². The van der Waals surface area contributed by atoms with Crippen LogP contribution in [-0.4, -0.2) is 16.2 Å². The van der Waals surface area contributed by atoms with Crippen molar-refractivity contribution in [2.45, 2.75) is 19.8 Å². The van der Waals surface area contributed by atoms with E-state index in [0.29, 0.717) is 5.58 Å². The molecule has 4 nitrogen and oxygen atoms in total. The van der Waals surface area contributed by atoms with Gasteiger partial charge in [-0.25, -0.2) is 0 Å². The fourth-order valence-corrected chi connectivity index (χ4v) is 2.29. The Bertz CT molecular complexity index is 803. The van der Waals surface area contributed by atoms with E-state index in [4.69, 9.17) is 9.63 Å². The van der Waals surface area contributed by atoms with Crippen molar-refractivity contribution in [3.63, 3.8) is 0 Å². The van der Waals surface area contributed by atoms with E-state index >= 15 is 0 Å². The van der Waals surface area contributed by atoms with Crippen molar-refractivity contribution in [3.8, 4) is 11.3 Å². The molecule has 106 valence electrons. The lowest BCUT2D eigenvalue weighted by atomic mass is 9.98. The minimum atomic E-state index is -0.845. The maximum absolute atomic E-state index is 11.1. The van der Waals surface area contributed by atoms with E-state index in [2.05, 4.69) is 5.16 Å². The van der Waals surface area contributed by atoms with Crippen LogP contribution in [0.3, 0.4) is 0 Å². The molecule has 1 aromatic heterocycles. The first-order valence-corrected chi connectivity index (χ1v) is 6.75. The molecule has 0 radical (unpaired) electrons. The molecule has 0 spiro atoms. The molecule has 3 aromatic rings. The molecule has 1 N–H and O–H groups in total. The van der Waals surface area contributed by atoms with E-state index in [9.17, 15) is 4.79 Å². The number of aromatic nitrogens is 1. The summed E-state index contributed by atoms with van der Waals surface area (Å²) in [4.78, 5) is 11.1.